The molecule has 0 saturated carbocycles. The molecular weight excluding hydrogens is 182 g/mol. The molecule has 0 aromatic carbocycles. The van der Waals surface area contributed by atoms with E-state index in [0.717, 1.165) is 0 Å². The number of carbonyl (C=O) groups is 2. The van der Waals surface area contributed by atoms with Crippen molar-refractivity contribution < 1.29 is 14.7 Å². The van der Waals surface area contributed by atoms with Crippen molar-refractivity contribution in [1.82, 2.24) is 4.90 Å². The van der Waals surface area contributed by atoms with Gasteiger partial charge < -0.3 is 10.0 Å². The van der Waals surface area contributed by atoms with Crippen LogP contribution in [0, 0.1) is 11.8 Å². The van der Waals surface area contributed by atoms with Gasteiger partial charge in [0.15, 0.2) is 0 Å². The topological polar surface area (TPSA) is 57.6 Å². The van der Waals surface area contributed by atoms with Gasteiger partial charge in [-0.25, -0.2) is 0 Å². The Bertz CT molecular complexity index is 250. The molecule has 0 aromatic heterocycles. The molecule has 0 aliphatic carbocycles. The van der Waals surface area contributed by atoms with Crippen LogP contribution in [0.5, 0.6) is 0 Å². The summed E-state index contributed by atoms with van der Waals surface area (Å²) in [7, 11) is 0. The summed E-state index contributed by atoms with van der Waals surface area (Å²) in [5.74, 6) is -1.04. The number of nitrogens with zero attached hydrogens (tertiary/aromatic N) is 1. The zero-order valence-corrected chi connectivity index (χ0v) is 8.86. The minimum Gasteiger partial charge on any atom is -0.481 e. The molecule has 0 aromatic rings. The van der Waals surface area contributed by atoms with Crippen molar-refractivity contribution in [2.24, 2.45) is 11.8 Å². The lowest BCUT2D eigenvalue weighted by Crippen LogP contribution is -2.38. The van der Waals surface area contributed by atoms with Crippen molar-refractivity contribution in [2.45, 2.75) is 33.2 Å². The van der Waals surface area contributed by atoms with E-state index in [2.05, 4.69) is 0 Å². The lowest BCUT2D eigenvalue weighted by atomic mass is 10.1. The van der Waals surface area contributed by atoms with Crippen LogP contribution in [0.1, 0.15) is 27.2 Å². The van der Waals surface area contributed by atoms with Crippen molar-refractivity contribution in [1.29, 1.82) is 0 Å². The van der Waals surface area contributed by atoms with Crippen LogP contribution in [0.4, 0.5) is 0 Å². The Morgan fingerprint density at radius 3 is 2.43 bits per heavy atom. The second-order valence-electron chi connectivity index (χ2n) is 4.27. The fraction of sp³-hybridized carbons (Fsp3) is 0.800. The van der Waals surface area contributed by atoms with Gasteiger partial charge in [-0.15, -0.1) is 0 Å². The molecule has 0 unspecified atom stereocenters. The van der Waals surface area contributed by atoms with E-state index in [-0.39, 0.29) is 18.4 Å². The van der Waals surface area contributed by atoms with Gasteiger partial charge in [-0.1, -0.05) is 13.8 Å². The second kappa shape index (κ2) is 3.98. The monoisotopic (exact) mass is 199 g/mol. The lowest BCUT2D eigenvalue weighted by Gasteiger charge is -2.27. The van der Waals surface area contributed by atoms with Gasteiger partial charge in [0.25, 0.3) is 0 Å². The Balaban J connectivity index is 2.65. The Hall–Kier alpha value is -1.06. The smallest absolute Gasteiger partial charge is 0.308 e. The summed E-state index contributed by atoms with van der Waals surface area (Å²) in [6.45, 7) is 6.40. The maximum Gasteiger partial charge on any atom is 0.308 e. The van der Waals surface area contributed by atoms with E-state index in [1.54, 1.807) is 4.90 Å². The van der Waals surface area contributed by atoms with Gasteiger partial charge in [-0.3, -0.25) is 9.59 Å². The molecule has 1 fully saturated rings. The number of amides is 1. The highest BCUT2D eigenvalue weighted by molar-refractivity contribution is 5.86. The van der Waals surface area contributed by atoms with Crippen LogP contribution in [0.2, 0.25) is 0 Å². The van der Waals surface area contributed by atoms with Gasteiger partial charge in [-0.2, -0.15) is 0 Å². The van der Waals surface area contributed by atoms with Crippen molar-refractivity contribution in [2.75, 3.05) is 6.54 Å². The minimum atomic E-state index is -0.864. The lowest BCUT2D eigenvalue weighted by molar-refractivity contribution is -0.141. The van der Waals surface area contributed by atoms with E-state index in [9.17, 15) is 9.59 Å². The van der Waals surface area contributed by atoms with Crippen molar-refractivity contribution >= 4 is 11.9 Å². The summed E-state index contributed by atoms with van der Waals surface area (Å²) < 4.78 is 0. The summed E-state index contributed by atoms with van der Waals surface area (Å²) in [6, 6.07) is 0.131. The third-order valence-corrected chi connectivity index (χ3v) is 2.96. The third-order valence-electron chi connectivity index (χ3n) is 2.96. The highest BCUT2D eigenvalue weighted by Crippen LogP contribution is 2.23. The minimum absolute atomic E-state index is 0.0291. The Labute approximate surface area is 83.9 Å². The van der Waals surface area contributed by atoms with Crippen molar-refractivity contribution in [3.05, 3.63) is 0 Å². The molecule has 1 heterocycles. The maximum atomic E-state index is 11.5. The average Bonchev–Trinajstić information content (AvgIpc) is 2.46. The molecule has 1 rings (SSSR count). The standard InChI is InChI=1S/C10H17NO3/c1-6(2)7(3)11-5-8(10(13)14)4-9(11)12/h6-8H,4-5H2,1-3H3,(H,13,14)/t7-,8+/m1/s1. The molecule has 1 N–H and O–H groups in total. The predicted octanol–water partition coefficient (Wildman–Crippen LogP) is 0.964. The SMILES string of the molecule is CC(C)[C@@H](C)N1C[C@@H](C(=O)O)CC1=O. The first-order chi connectivity index (χ1) is 6.43. The molecule has 1 aliphatic rings. The maximum absolute atomic E-state index is 11.5. The first-order valence-electron chi connectivity index (χ1n) is 4.95. The van der Waals surface area contributed by atoms with Gasteiger partial charge in [0.1, 0.15) is 0 Å². The molecule has 2 atom stereocenters. The first-order valence-corrected chi connectivity index (χ1v) is 4.95. The summed E-state index contributed by atoms with van der Waals surface area (Å²) in [5.41, 5.74) is 0. The van der Waals surface area contributed by atoms with Crippen molar-refractivity contribution in [3.8, 4) is 0 Å². The van der Waals surface area contributed by atoms with Crippen LogP contribution >= 0.6 is 0 Å². The highest BCUT2D eigenvalue weighted by Gasteiger charge is 2.37. The van der Waals surface area contributed by atoms with Crippen molar-refractivity contribution in [3.63, 3.8) is 0 Å². The van der Waals surface area contributed by atoms with Gasteiger partial charge in [0.2, 0.25) is 5.91 Å². The molecule has 4 heteroatoms. The van der Waals surface area contributed by atoms with Crippen LogP contribution in [0.3, 0.4) is 0 Å². The quantitative estimate of drug-likeness (QED) is 0.736. The molecular formula is C10H17NO3. The number of rotatable bonds is 3. The van der Waals surface area contributed by atoms with E-state index >= 15 is 0 Å². The van der Waals surface area contributed by atoms with Crippen LogP contribution in [0.15, 0.2) is 0 Å². The Morgan fingerprint density at radius 1 is 1.50 bits per heavy atom. The summed E-state index contributed by atoms with van der Waals surface area (Å²) in [5, 5.41) is 8.79. The number of hydrogen-bond donors (Lipinski definition) is 1. The molecule has 4 nitrogen and oxygen atoms in total. The Morgan fingerprint density at radius 2 is 2.07 bits per heavy atom. The normalized spacial score (nSPS) is 24.4. The fourth-order valence-corrected chi connectivity index (χ4v) is 1.65. The number of aliphatic carboxylic acids is 1. The molecule has 14 heavy (non-hydrogen) atoms. The highest BCUT2D eigenvalue weighted by atomic mass is 16.4. The van der Waals surface area contributed by atoms with Crippen LogP contribution in [-0.2, 0) is 9.59 Å². The van der Waals surface area contributed by atoms with E-state index in [1.165, 1.54) is 0 Å². The largest absolute Gasteiger partial charge is 0.481 e. The number of carbonyl (C=O) groups excluding carboxylic acids is 1. The van der Waals surface area contributed by atoms with Crippen LogP contribution in [-0.4, -0.2) is 34.5 Å². The number of carboxylic acid groups (broad SMARTS) is 1. The molecule has 1 aliphatic heterocycles. The fourth-order valence-electron chi connectivity index (χ4n) is 1.65. The molecule has 0 bridgehead atoms. The van der Waals surface area contributed by atoms with Crippen LogP contribution < -0.4 is 0 Å². The third kappa shape index (κ3) is 2.05. The van der Waals surface area contributed by atoms with Crippen LogP contribution in [0.25, 0.3) is 0 Å². The molecule has 0 radical (unpaired) electrons. The van der Waals surface area contributed by atoms with E-state index in [0.29, 0.717) is 12.5 Å². The summed E-state index contributed by atoms with van der Waals surface area (Å²) >= 11 is 0. The number of carboxylic acids is 1. The van der Waals surface area contributed by atoms with Gasteiger partial charge in [0, 0.05) is 19.0 Å². The predicted molar refractivity (Wildman–Crippen MR) is 51.8 cm³/mol. The molecule has 1 amide bonds. The number of hydrogen-bond acceptors (Lipinski definition) is 2. The van der Waals surface area contributed by atoms with E-state index in [1.807, 2.05) is 20.8 Å². The van der Waals surface area contributed by atoms with Gasteiger partial charge in [0.05, 0.1) is 5.92 Å². The van der Waals surface area contributed by atoms with Gasteiger partial charge in [-0.05, 0) is 12.8 Å². The zero-order valence-electron chi connectivity index (χ0n) is 8.86. The van der Waals surface area contributed by atoms with E-state index in [4.69, 9.17) is 5.11 Å². The number of likely N-dealkylation sites (tertiary alicyclic amines) is 1. The average molecular weight is 199 g/mol. The molecule has 1 saturated heterocycles. The molecule has 80 valence electrons. The zero-order chi connectivity index (χ0) is 10.9. The summed E-state index contributed by atoms with van der Waals surface area (Å²) in [6.07, 6.45) is 0.159. The Kier molecular flexibility index (Phi) is 3.13. The first kappa shape index (κ1) is 11.0. The molecule has 0 spiro atoms. The van der Waals surface area contributed by atoms with E-state index < -0.39 is 11.9 Å². The second-order valence-corrected chi connectivity index (χ2v) is 4.27. The van der Waals surface area contributed by atoms with Gasteiger partial charge >= 0.3 is 5.97 Å². The summed E-state index contributed by atoms with van der Waals surface area (Å²) in [4.78, 5) is 23.9.